The topological polar surface area (TPSA) is 55.7 Å². The minimum atomic E-state index is 0.147. The van der Waals surface area contributed by atoms with Crippen LogP contribution in [0.25, 0.3) is 0 Å². The summed E-state index contributed by atoms with van der Waals surface area (Å²) in [4.78, 5) is 2.22. The first-order chi connectivity index (χ1) is 10.2. The molecule has 0 amide bonds. The smallest absolute Gasteiger partial charge is 0.122 e. The van der Waals surface area contributed by atoms with Gasteiger partial charge >= 0.3 is 0 Å². The number of hydrogen-bond donors (Lipinski definition) is 3. The maximum Gasteiger partial charge on any atom is 0.122 e. The van der Waals surface area contributed by atoms with Crippen molar-refractivity contribution in [2.45, 2.75) is 51.6 Å². The molecule has 0 aliphatic carbocycles. The van der Waals surface area contributed by atoms with Crippen LogP contribution in [0.3, 0.4) is 0 Å². The van der Waals surface area contributed by atoms with Crippen LogP contribution in [0.5, 0.6) is 5.75 Å². The second kappa shape index (κ2) is 7.66. The molecule has 1 fully saturated rings. The summed E-state index contributed by atoms with van der Waals surface area (Å²) in [5.41, 5.74) is 1.95. The normalized spacial score (nSPS) is 20.5. The zero-order valence-electron chi connectivity index (χ0n) is 13.2. The molecule has 1 saturated heterocycles. The van der Waals surface area contributed by atoms with E-state index >= 15 is 0 Å². The number of aromatic hydroxyl groups is 1. The first kappa shape index (κ1) is 16.1. The van der Waals surface area contributed by atoms with E-state index in [1.807, 2.05) is 12.1 Å². The van der Waals surface area contributed by atoms with Crippen molar-refractivity contribution in [3.63, 3.8) is 0 Å². The Morgan fingerprint density at radius 2 is 2.19 bits per heavy atom. The summed E-state index contributed by atoms with van der Waals surface area (Å²) in [7, 11) is 0. The summed E-state index contributed by atoms with van der Waals surface area (Å²) in [6.07, 6.45) is 4.42. The Morgan fingerprint density at radius 1 is 1.38 bits per heavy atom. The van der Waals surface area contributed by atoms with Gasteiger partial charge < -0.3 is 20.4 Å². The average molecular weight is 292 g/mol. The molecule has 2 unspecified atom stereocenters. The highest BCUT2D eigenvalue weighted by atomic mass is 16.3. The number of nitrogens with one attached hydrogen (secondary N) is 1. The Balaban J connectivity index is 2.14. The third-order valence-electron chi connectivity index (χ3n) is 4.35. The van der Waals surface area contributed by atoms with Gasteiger partial charge in [0.1, 0.15) is 5.75 Å². The lowest BCUT2D eigenvalue weighted by molar-refractivity contribution is 0.240. The van der Waals surface area contributed by atoms with Crippen LogP contribution in [0, 0.1) is 0 Å². The molecule has 1 aliphatic rings. The fraction of sp³-hybridized carbons (Fsp3) is 0.647. The van der Waals surface area contributed by atoms with Gasteiger partial charge in [0.2, 0.25) is 0 Å². The number of hydrogen-bond acceptors (Lipinski definition) is 4. The summed E-state index contributed by atoms with van der Waals surface area (Å²) in [6.45, 7) is 6.28. The van der Waals surface area contributed by atoms with Crippen LogP contribution in [0.1, 0.15) is 51.1 Å². The number of nitrogens with zero attached hydrogens (tertiary/aromatic N) is 1. The molecule has 0 spiro atoms. The van der Waals surface area contributed by atoms with Gasteiger partial charge in [0.25, 0.3) is 0 Å². The minimum absolute atomic E-state index is 0.147. The molecule has 0 aromatic heterocycles. The standard InChI is InChI=1S/C17H28N2O2/c1-3-9-18-13(2)16-8-7-14(11-17(16)21)19-10-5-4-6-15(19)12-20/h7-8,11,13,15,18,20-21H,3-6,9-10,12H2,1-2H3. The summed E-state index contributed by atoms with van der Waals surface area (Å²) in [5.74, 6) is 0.339. The number of phenolic OH excluding ortho intramolecular Hbond substituents is 1. The molecule has 2 rings (SSSR count). The van der Waals surface area contributed by atoms with Gasteiger partial charge in [0, 0.05) is 29.9 Å². The Kier molecular flexibility index (Phi) is 5.88. The van der Waals surface area contributed by atoms with E-state index in [2.05, 4.69) is 30.1 Å². The van der Waals surface area contributed by atoms with Crippen molar-refractivity contribution in [1.82, 2.24) is 5.32 Å². The summed E-state index contributed by atoms with van der Waals surface area (Å²) in [6, 6.07) is 6.23. The zero-order chi connectivity index (χ0) is 15.2. The molecule has 1 aliphatic heterocycles. The van der Waals surface area contributed by atoms with Crippen LogP contribution in [0.2, 0.25) is 0 Å². The Hall–Kier alpha value is -1.26. The molecule has 4 nitrogen and oxygen atoms in total. The second-order valence-corrected chi connectivity index (χ2v) is 5.94. The summed E-state index contributed by atoms with van der Waals surface area (Å²) < 4.78 is 0. The van der Waals surface area contributed by atoms with Gasteiger partial charge in [-0.15, -0.1) is 0 Å². The second-order valence-electron chi connectivity index (χ2n) is 5.94. The molecule has 1 heterocycles. The van der Waals surface area contributed by atoms with Crippen molar-refractivity contribution in [2.75, 3.05) is 24.6 Å². The van der Waals surface area contributed by atoms with Gasteiger partial charge in [0.05, 0.1) is 12.6 Å². The van der Waals surface area contributed by atoms with E-state index in [0.29, 0.717) is 5.75 Å². The summed E-state index contributed by atoms with van der Waals surface area (Å²) >= 11 is 0. The van der Waals surface area contributed by atoms with Crippen molar-refractivity contribution in [3.05, 3.63) is 23.8 Å². The zero-order valence-corrected chi connectivity index (χ0v) is 13.2. The lowest BCUT2D eigenvalue weighted by Gasteiger charge is -2.36. The fourth-order valence-corrected chi connectivity index (χ4v) is 3.08. The number of phenols is 1. The van der Waals surface area contributed by atoms with E-state index in [1.54, 1.807) is 0 Å². The van der Waals surface area contributed by atoms with Gasteiger partial charge in [0.15, 0.2) is 0 Å². The number of benzene rings is 1. The third-order valence-corrected chi connectivity index (χ3v) is 4.35. The third kappa shape index (κ3) is 3.89. The van der Waals surface area contributed by atoms with Crippen LogP contribution >= 0.6 is 0 Å². The van der Waals surface area contributed by atoms with Crippen LogP contribution in [-0.4, -0.2) is 36.0 Å². The van der Waals surface area contributed by atoms with Crippen molar-refractivity contribution >= 4 is 5.69 Å². The number of rotatable bonds is 6. The van der Waals surface area contributed by atoms with E-state index < -0.39 is 0 Å². The molecule has 0 saturated carbocycles. The van der Waals surface area contributed by atoms with Gasteiger partial charge in [-0.1, -0.05) is 13.0 Å². The highest BCUT2D eigenvalue weighted by molar-refractivity contribution is 5.55. The predicted octanol–water partition coefficient (Wildman–Crippen LogP) is 2.80. The van der Waals surface area contributed by atoms with Crippen molar-refractivity contribution in [3.8, 4) is 5.75 Å². The SMILES string of the molecule is CCCNC(C)c1ccc(N2CCCCC2CO)cc1O. The van der Waals surface area contributed by atoms with Crippen LogP contribution < -0.4 is 10.2 Å². The van der Waals surface area contributed by atoms with Crippen LogP contribution in [-0.2, 0) is 0 Å². The first-order valence-electron chi connectivity index (χ1n) is 8.11. The first-order valence-corrected chi connectivity index (χ1v) is 8.11. The van der Waals surface area contributed by atoms with Crippen molar-refractivity contribution < 1.29 is 10.2 Å². The van der Waals surface area contributed by atoms with Gasteiger partial charge in [-0.05, 0) is 45.2 Å². The molecule has 0 radical (unpaired) electrons. The lowest BCUT2D eigenvalue weighted by atomic mass is 10.0. The molecular formula is C17H28N2O2. The number of piperidine rings is 1. The van der Waals surface area contributed by atoms with E-state index in [4.69, 9.17) is 0 Å². The van der Waals surface area contributed by atoms with E-state index in [-0.39, 0.29) is 18.7 Å². The van der Waals surface area contributed by atoms with E-state index in [1.165, 1.54) is 6.42 Å². The Labute approximate surface area is 127 Å². The van der Waals surface area contributed by atoms with Gasteiger partial charge in [-0.25, -0.2) is 0 Å². The molecular weight excluding hydrogens is 264 g/mol. The average Bonchev–Trinajstić information content (AvgIpc) is 2.52. The number of anilines is 1. The predicted molar refractivity (Wildman–Crippen MR) is 86.9 cm³/mol. The van der Waals surface area contributed by atoms with Crippen LogP contribution in [0.15, 0.2) is 18.2 Å². The number of aliphatic hydroxyl groups excluding tert-OH is 1. The molecule has 1 aromatic rings. The summed E-state index contributed by atoms with van der Waals surface area (Å²) in [5, 5.41) is 23.2. The minimum Gasteiger partial charge on any atom is -0.508 e. The molecule has 3 N–H and O–H groups in total. The molecule has 118 valence electrons. The monoisotopic (exact) mass is 292 g/mol. The molecule has 1 aromatic carbocycles. The molecule has 21 heavy (non-hydrogen) atoms. The van der Waals surface area contributed by atoms with E-state index in [9.17, 15) is 10.2 Å². The highest BCUT2D eigenvalue weighted by Gasteiger charge is 2.22. The number of aliphatic hydroxyl groups is 1. The van der Waals surface area contributed by atoms with Gasteiger partial charge in [-0.2, -0.15) is 0 Å². The molecule has 4 heteroatoms. The lowest BCUT2D eigenvalue weighted by Crippen LogP contribution is -2.41. The van der Waals surface area contributed by atoms with Crippen molar-refractivity contribution in [2.24, 2.45) is 0 Å². The maximum absolute atomic E-state index is 10.3. The largest absolute Gasteiger partial charge is 0.508 e. The molecule has 0 bridgehead atoms. The Morgan fingerprint density at radius 3 is 2.86 bits per heavy atom. The fourth-order valence-electron chi connectivity index (χ4n) is 3.08. The van der Waals surface area contributed by atoms with Crippen molar-refractivity contribution in [1.29, 1.82) is 0 Å². The highest BCUT2D eigenvalue weighted by Crippen LogP contribution is 2.32. The quantitative estimate of drug-likeness (QED) is 0.754. The van der Waals surface area contributed by atoms with Crippen LogP contribution in [0.4, 0.5) is 5.69 Å². The maximum atomic E-state index is 10.3. The van der Waals surface area contributed by atoms with E-state index in [0.717, 1.165) is 43.6 Å². The van der Waals surface area contributed by atoms with Gasteiger partial charge in [-0.3, -0.25) is 0 Å². The Bertz CT molecular complexity index is 450. The molecule has 2 atom stereocenters.